The van der Waals surface area contributed by atoms with Crippen LogP contribution in [-0.4, -0.2) is 42.3 Å². The fourth-order valence-electron chi connectivity index (χ4n) is 3.51. The van der Waals surface area contributed by atoms with Crippen LogP contribution in [0.25, 0.3) is 0 Å². The van der Waals surface area contributed by atoms with E-state index in [1.54, 1.807) is 41.3 Å². The van der Waals surface area contributed by atoms with Gasteiger partial charge in [0.25, 0.3) is 5.91 Å². The molecule has 0 radical (unpaired) electrons. The Morgan fingerprint density at radius 3 is 2.52 bits per heavy atom. The van der Waals surface area contributed by atoms with Gasteiger partial charge in [-0.15, -0.1) is 0 Å². The summed E-state index contributed by atoms with van der Waals surface area (Å²) in [6.07, 6.45) is 2.20. The van der Waals surface area contributed by atoms with Crippen LogP contribution in [-0.2, 0) is 9.59 Å². The van der Waals surface area contributed by atoms with Crippen molar-refractivity contribution >= 4 is 29.1 Å². The normalized spacial score (nSPS) is 15.6. The molecule has 31 heavy (non-hydrogen) atoms. The van der Waals surface area contributed by atoms with Crippen LogP contribution in [0.3, 0.4) is 0 Å². The van der Waals surface area contributed by atoms with Gasteiger partial charge in [0, 0.05) is 30.8 Å². The van der Waals surface area contributed by atoms with Crippen molar-refractivity contribution in [2.24, 2.45) is 5.92 Å². The Morgan fingerprint density at radius 1 is 1.06 bits per heavy atom. The third-order valence-corrected chi connectivity index (χ3v) is 5.22. The SMILES string of the molecule is CCCCN1C[C@@H](C(=O)Nc2ccc(C(=O)Nc3ccccc3OCC)cc2)CC1=O. The van der Waals surface area contributed by atoms with Crippen LogP contribution >= 0.6 is 0 Å². The van der Waals surface area contributed by atoms with Crippen molar-refractivity contribution in [2.75, 3.05) is 30.3 Å². The first-order valence-electron chi connectivity index (χ1n) is 10.7. The van der Waals surface area contributed by atoms with Crippen LogP contribution in [0.15, 0.2) is 48.5 Å². The lowest BCUT2D eigenvalue weighted by Gasteiger charge is -2.16. The number of hydrogen-bond acceptors (Lipinski definition) is 4. The molecule has 1 atom stereocenters. The first-order valence-corrected chi connectivity index (χ1v) is 10.7. The summed E-state index contributed by atoms with van der Waals surface area (Å²) in [5.74, 6) is -0.134. The van der Waals surface area contributed by atoms with Gasteiger partial charge in [-0.3, -0.25) is 14.4 Å². The number of carbonyl (C=O) groups excluding carboxylic acids is 3. The minimum absolute atomic E-state index is 0.0351. The summed E-state index contributed by atoms with van der Waals surface area (Å²) >= 11 is 0. The van der Waals surface area contributed by atoms with E-state index in [-0.39, 0.29) is 30.1 Å². The highest BCUT2D eigenvalue weighted by Gasteiger charge is 2.33. The highest BCUT2D eigenvalue weighted by molar-refractivity contribution is 6.05. The number of likely N-dealkylation sites (tertiary alicyclic amines) is 1. The molecule has 0 aromatic heterocycles. The van der Waals surface area contributed by atoms with Crippen molar-refractivity contribution in [1.82, 2.24) is 4.90 Å². The molecule has 1 fully saturated rings. The summed E-state index contributed by atoms with van der Waals surface area (Å²) < 4.78 is 5.53. The summed E-state index contributed by atoms with van der Waals surface area (Å²) in [5, 5.41) is 5.70. The van der Waals surface area contributed by atoms with E-state index >= 15 is 0 Å². The molecule has 7 nitrogen and oxygen atoms in total. The van der Waals surface area contributed by atoms with Crippen molar-refractivity contribution in [3.05, 3.63) is 54.1 Å². The molecule has 0 unspecified atom stereocenters. The molecule has 3 amide bonds. The molecule has 2 aromatic carbocycles. The van der Waals surface area contributed by atoms with Crippen LogP contribution < -0.4 is 15.4 Å². The maximum atomic E-state index is 12.6. The number of benzene rings is 2. The van der Waals surface area contributed by atoms with Crippen LogP contribution in [0.4, 0.5) is 11.4 Å². The molecule has 7 heteroatoms. The maximum absolute atomic E-state index is 12.6. The average molecular weight is 424 g/mol. The fourth-order valence-corrected chi connectivity index (χ4v) is 3.51. The molecule has 1 heterocycles. The number of nitrogens with zero attached hydrogens (tertiary/aromatic N) is 1. The summed E-state index contributed by atoms with van der Waals surface area (Å²) in [6.45, 7) is 5.63. The van der Waals surface area contributed by atoms with Gasteiger partial charge in [-0.2, -0.15) is 0 Å². The van der Waals surface area contributed by atoms with Gasteiger partial charge in [-0.1, -0.05) is 25.5 Å². The Labute approximate surface area is 182 Å². The predicted octanol–water partition coefficient (Wildman–Crippen LogP) is 3.92. The number of ether oxygens (including phenoxy) is 1. The molecule has 1 aliphatic rings. The number of amides is 3. The maximum Gasteiger partial charge on any atom is 0.255 e. The van der Waals surface area contributed by atoms with Crippen LogP contribution in [0.2, 0.25) is 0 Å². The highest BCUT2D eigenvalue weighted by Crippen LogP contribution is 2.25. The van der Waals surface area contributed by atoms with E-state index < -0.39 is 0 Å². The molecule has 1 saturated heterocycles. The van der Waals surface area contributed by atoms with Crippen LogP contribution in [0, 0.1) is 5.92 Å². The van der Waals surface area contributed by atoms with Gasteiger partial charge in [-0.25, -0.2) is 0 Å². The van der Waals surface area contributed by atoms with Crippen molar-refractivity contribution in [1.29, 1.82) is 0 Å². The van der Waals surface area contributed by atoms with E-state index in [2.05, 4.69) is 17.6 Å². The van der Waals surface area contributed by atoms with Gasteiger partial charge in [0.2, 0.25) is 11.8 Å². The van der Waals surface area contributed by atoms with Crippen molar-refractivity contribution < 1.29 is 19.1 Å². The lowest BCUT2D eigenvalue weighted by molar-refractivity contribution is -0.128. The second-order valence-electron chi connectivity index (χ2n) is 7.54. The molecule has 3 rings (SSSR count). The average Bonchev–Trinajstić information content (AvgIpc) is 3.15. The molecule has 2 aromatic rings. The Morgan fingerprint density at radius 2 is 1.81 bits per heavy atom. The van der Waals surface area contributed by atoms with Crippen LogP contribution in [0.5, 0.6) is 5.75 Å². The molecule has 0 aliphatic carbocycles. The third kappa shape index (κ3) is 5.84. The Hall–Kier alpha value is -3.35. The zero-order valence-corrected chi connectivity index (χ0v) is 18.0. The largest absolute Gasteiger partial charge is 0.492 e. The van der Waals surface area contributed by atoms with Gasteiger partial charge < -0.3 is 20.3 Å². The Bertz CT molecular complexity index is 927. The van der Waals surface area contributed by atoms with Gasteiger partial charge >= 0.3 is 0 Å². The first kappa shape index (κ1) is 22.3. The van der Waals surface area contributed by atoms with Gasteiger partial charge in [-0.05, 0) is 49.7 Å². The fraction of sp³-hybridized carbons (Fsp3) is 0.375. The topological polar surface area (TPSA) is 87.7 Å². The highest BCUT2D eigenvalue weighted by atomic mass is 16.5. The van der Waals surface area contributed by atoms with E-state index in [0.29, 0.717) is 42.4 Å². The smallest absolute Gasteiger partial charge is 0.255 e. The number of carbonyl (C=O) groups is 3. The minimum Gasteiger partial charge on any atom is -0.492 e. The number of unbranched alkanes of at least 4 members (excludes halogenated alkanes) is 1. The first-order chi connectivity index (χ1) is 15.0. The molecular formula is C24H29N3O4. The molecule has 164 valence electrons. The van der Waals surface area contributed by atoms with Gasteiger partial charge in [0.05, 0.1) is 18.2 Å². The monoisotopic (exact) mass is 423 g/mol. The summed E-state index contributed by atoms with van der Waals surface area (Å²) in [5.41, 5.74) is 1.66. The summed E-state index contributed by atoms with van der Waals surface area (Å²) in [7, 11) is 0. The van der Waals surface area contributed by atoms with Gasteiger partial charge in [0.1, 0.15) is 5.75 Å². The number of hydrogen-bond donors (Lipinski definition) is 2. The quantitative estimate of drug-likeness (QED) is 0.640. The van der Waals surface area contributed by atoms with Gasteiger partial charge in [0.15, 0.2) is 0 Å². The summed E-state index contributed by atoms with van der Waals surface area (Å²) in [6, 6.07) is 13.9. The number of rotatable bonds is 9. The number of nitrogens with one attached hydrogen (secondary N) is 2. The van der Waals surface area contributed by atoms with Crippen molar-refractivity contribution in [2.45, 2.75) is 33.1 Å². The second-order valence-corrected chi connectivity index (χ2v) is 7.54. The molecule has 2 N–H and O–H groups in total. The van der Waals surface area contributed by atoms with E-state index in [1.807, 2.05) is 19.1 Å². The minimum atomic E-state index is -0.345. The molecule has 1 aliphatic heterocycles. The summed E-state index contributed by atoms with van der Waals surface area (Å²) in [4.78, 5) is 39.0. The van der Waals surface area contributed by atoms with Crippen molar-refractivity contribution in [3.63, 3.8) is 0 Å². The number of anilines is 2. The Kier molecular flexibility index (Phi) is 7.65. The molecule has 0 spiro atoms. The standard InChI is InChI=1S/C24H29N3O4/c1-3-5-14-27-16-18(15-22(27)28)24(30)25-19-12-10-17(11-13-19)23(29)26-20-8-6-7-9-21(20)31-4-2/h6-13,18H,3-5,14-16H2,1-2H3,(H,25,30)(H,26,29)/t18-/m0/s1. The zero-order valence-electron chi connectivity index (χ0n) is 18.0. The lowest BCUT2D eigenvalue weighted by atomic mass is 10.1. The molecular weight excluding hydrogens is 394 g/mol. The van der Waals surface area contributed by atoms with Crippen LogP contribution in [0.1, 0.15) is 43.5 Å². The Balaban J connectivity index is 1.57. The van der Waals surface area contributed by atoms with E-state index in [0.717, 1.165) is 12.8 Å². The van der Waals surface area contributed by atoms with E-state index in [1.165, 1.54) is 0 Å². The zero-order chi connectivity index (χ0) is 22.2. The third-order valence-electron chi connectivity index (χ3n) is 5.22. The molecule has 0 bridgehead atoms. The molecule has 0 saturated carbocycles. The van der Waals surface area contributed by atoms with E-state index in [4.69, 9.17) is 4.74 Å². The second kappa shape index (κ2) is 10.6. The van der Waals surface area contributed by atoms with E-state index in [9.17, 15) is 14.4 Å². The number of para-hydroxylation sites is 2. The lowest BCUT2D eigenvalue weighted by Crippen LogP contribution is -2.29. The predicted molar refractivity (Wildman–Crippen MR) is 120 cm³/mol. The van der Waals surface area contributed by atoms with Crippen molar-refractivity contribution in [3.8, 4) is 5.75 Å².